The van der Waals surface area contributed by atoms with E-state index in [-0.39, 0.29) is 28.5 Å². The zero-order valence-corrected chi connectivity index (χ0v) is 17.6. The van der Waals surface area contributed by atoms with E-state index in [1.807, 2.05) is 24.3 Å². The number of hydrogen-bond acceptors (Lipinski definition) is 4. The molecule has 6 heteroatoms. The molecule has 5 nitrogen and oxygen atoms in total. The number of nitrogens with one attached hydrogen (secondary N) is 1. The van der Waals surface area contributed by atoms with Crippen LogP contribution in [0, 0.1) is 0 Å². The monoisotopic (exact) mass is 403 g/mol. The summed E-state index contributed by atoms with van der Waals surface area (Å²) in [5, 5.41) is 3.00. The summed E-state index contributed by atoms with van der Waals surface area (Å²) in [7, 11) is 0. The minimum atomic E-state index is -0.720. The van der Waals surface area contributed by atoms with Gasteiger partial charge >= 0.3 is 5.97 Å². The number of esters is 1. The van der Waals surface area contributed by atoms with E-state index in [9.17, 15) is 9.59 Å². The van der Waals surface area contributed by atoms with Gasteiger partial charge in [-0.3, -0.25) is 4.79 Å². The molecule has 2 rings (SSSR count). The lowest BCUT2D eigenvalue weighted by atomic mass is 9.87. The number of amides is 1. The first-order valence-corrected chi connectivity index (χ1v) is 9.54. The smallest absolute Gasteiger partial charge is 0.339 e. The fraction of sp³-hybridized carbons (Fsp3) is 0.364. The van der Waals surface area contributed by atoms with Gasteiger partial charge in [0.05, 0.1) is 17.2 Å². The van der Waals surface area contributed by atoms with Gasteiger partial charge < -0.3 is 14.8 Å². The zero-order chi connectivity index (χ0) is 20.9. The first kappa shape index (κ1) is 21.8. The predicted octanol–water partition coefficient (Wildman–Crippen LogP) is 5.22. The third kappa shape index (κ3) is 5.73. The fourth-order valence-electron chi connectivity index (χ4n) is 2.50. The molecule has 0 unspecified atom stereocenters. The van der Waals surface area contributed by atoms with Crippen LogP contribution in [0.4, 0.5) is 5.69 Å². The van der Waals surface area contributed by atoms with E-state index in [0.717, 1.165) is 0 Å². The molecule has 0 fully saturated rings. The highest BCUT2D eigenvalue weighted by atomic mass is 35.5. The summed E-state index contributed by atoms with van der Waals surface area (Å²) in [4.78, 5) is 24.4. The standard InChI is InChI=1S/C22H26ClNO4/c1-6-27-21(26)18-13-16(9-12-19(18)23)24-20(25)14(2)28-17-10-7-15(8-11-17)22(3,4)5/h7-14H,6H2,1-5H3,(H,24,25)/t14-/m1/s1. The summed E-state index contributed by atoms with van der Waals surface area (Å²) < 4.78 is 10.7. The molecule has 0 saturated carbocycles. The maximum Gasteiger partial charge on any atom is 0.339 e. The zero-order valence-electron chi connectivity index (χ0n) is 16.8. The Labute approximate surface area is 171 Å². The number of carbonyl (C=O) groups is 2. The van der Waals surface area contributed by atoms with Crippen LogP contribution >= 0.6 is 11.6 Å². The molecule has 1 atom stereocenters. The molecule has 0 aliphatic heterocycles. The Hall–Kier alpha value is -2.53. The van der Waals surface area contributed by atoms with Crippen molar-refractivity contribution < 1.29 is 19.1 Å². The fourth-order valence-corrected chi connectivity index (χ4v) is 2.70. The van der Waals surface area contributed by atoms with Crippen LogP contribution in [-0.4, -0.2) is 24.6 Å². The van der Waals surface area contributed by atoms with Crippen LogP contribution in [0.25, 0.3) is 0 Å². The third-order valence-electron chi connectivity index (χ3n) is 4.13. The largest absolute Gasteiger partial charge is 0.481 e. The van der Waals surface area contributed by atoms with Crippen molar-refractivity contribution in [2.24, 2.45) is 0 Å². The van der Waals surface area contributed by atoms with Gasteiger partial charge in [-0.2, -0.15) is 0 Å². The molecule has 0 aliphatic carbocycles. The summed E-state index contributed by atoms with van der Waals surface area (Å²) in [6.45, 7) is 10.0. The molecule has 1 N–H and O–H groups in total. The van der Waals surface area contributed by atoms with Crippen molar-refractivity contribution in [3.8, 4) is 5.75 Å². The molecule has 0 bridgehead atoms. The lowest BCUT2D eigenvalue weighted by molar-refractivity contribution is -0.122. The van der Waals surface area contributed by atoms with E-state index in [1.54, 1.807) is 26.0 Å². The first-order valence-electron chi connectivity index (χ1n) is 9.16. The van der Waals surface area contributed by atoms with E-state index in [2.05, 4.69) is 26.1 Å². The number of hydrogen-bond donors (Lipinski definition) is 1. The van der Waals surface area contributed by atoms with Gasteiger partial charge in [-0.15, -0.1) is 0 Å². The quantitative estimate of drug-likeness (QED) is 0.671. The highest BCUT2D eigenvalue weighted by Crippen LogP contribution is 2.25. The third-order valence-corrected chi connectivity index (χ3v) is 4.46. The van der Waals surface area contributed by atoms with Crippen molar-refractivity contribution >= 4 is 29.2 Å². The van der Waals surface area contributed by atoms with Gasteiger partial charge in [0, 0.05) is 5.69 Å². The summed E-state index contributed by atoms with van der Waals surface area (Å²) >= 11 is 6.04. The topological polar surface area (TPSA) is 64.6 Å². The van der Waals surface area contributed by atoms with Crippen molar-refractivity contribution in [2.75, 3.05) is 11.9 Å². The SMILES string of the molecule is CCOC(=O)c1cc(NC(=O)[C@@H](C)Oc2ccc(C(C)(C)C)cc2)ccc1Cl. The van der Waals surface area contributed by atoms with E-state index in [4.69, 9.17) is 21.1 Å². The Morgan fingerprint density at radius 3 is 2.32 bits per heavy atom. The second-order valence-corrected chi connectivity index (χ2v) is 7.85. The second kappa shape index (κ2) is 9.11. The number of anilines is 1. The molecule has 0 aliphatic rings. The number of ether oxygens (including phenoxy) is 2. The molecule has 28 heavy (non-hydrogen) atoms. The van der Waals surface area contributed by atoms with Crippen molar-refractivity contribution in [3.05, 3.63) is 58.6 Å². The molecule has 1 amide bonds. The lowest BCUT2D eigenvalue weighted by Gasteiger charge is -2.20. The Balaban J connectivity index is 2.04. The van der Waals surface area contributed by atoms with Crippen LogP contribution in [0.2, 0.25) is 5.02 Å². The molecule has 150 valence electrons. The highest BCUT2D eigenvalue weighted by molar-refractivity contribution is 6.33. The minimum absolute atomic E-state index is 0.0483. The van der Waals surface area contributed by atoms with Crippen LogP contribution in [0.15, 0.2) is 42.5 Å². The Kier molecular flexibility index (Phi) is 7.08. The average molecular weight is 404 g/mol. The second-order valence-electron chi connectivity index (χ2n) is 7.44. The molecule has 0 aromatic heterocycles. The molecule has 0 heterocycles. The van der Waals surface area contributed by atoms with Gasteiger partial charge in [0.15, 0.2) is 6.10 Å². The molecular formula is C22H26ClNO4. The van der Waals surface area contributed by atoms with Gasteiger partial charge in [0.25, 0.3) is 5.91 Å². The normalized spacial score (nSPS) is 12.2. The van der Waals surface area contributed by atoms with Crippen LogP contribution < -0.4 is 10.1 Å². The average Bonchev–Trinajstić information content (AvgIpc) is 2.63. The number of carbonyl (C=O) groups excluding carboxylic acids is 2. The predicted molar refractivity (Wildman–Crippen MR) is 111 cm³/mol. The van der Waals surface area contributed by atoms with E-state index < -0.39 is 12.1 Å². The summed E-state index contributed by atoms with van der Waals surface area (Å²) in [6, 6.07) is 12.3. The van der Waals surface area contributed by atoms with E-state index in [1.165, 1.54) is 11.6 Å². The summed E-state index contributed by atoms with van der Waals surface area (Å²) in [5.41, 5.74) is 1.88. The minimum Gasteiger partial charge on any atom is -0.481 e. The maximum atomic E-state index is 12.4. The number of rotatable bonds is 6. The Bertz CT molecular complexity index is 841. The molecule has 0 spiro atoms. The van der Waals surface area contributed by atoms with Crippen molar-refractivity contribution in [1.29, 1.82) is 0 Å². The maximum absolute atomic E-state index is 12.4. The summed E-state index contributed by atoms with van der Waals surface area (Å²) in [6.07, 6.45) is -0.720. The number of halogens is 1. The molecule has 2 aromatic carbocycles. The molecular weight excluding hydrogens is 378 g/mol. The van der Waals surface area contributed by atoms with E-state index in [0.29, 0.717) is 11.4 Å². The van der Waals surface area contributed by atoms with Crippen LogP contribution in [0.5, 0.6) is 5.75 Å². The first-order chi connectivity index (χ1) is 13.1. The lowest BCUT2D eigenvalue weighted by Crippen LogP contribution is -2.30. The van der Waals surface area contributed by atoms with E-state index >= 15 is 0 Å². The van der Waals surface area contributed by atoms with Gasteiger partial charge in [0.1, 0.15) is 5.75 Å². The molecule has 2 aromatic rings. The Morgan fingerprint density at radius 2 is 1.75 bits per heavy atom. The molecule has 0 saturated heterocycles. The van der Waals surface area contributed by atoms with Crippen molar-refractivity contribution in [1.82, 2.24) is 0 Å². The van der Waals surface area contributed by atoms with Gasteiger partial charge in [-0.25, -0.2) is 4.79 Å². The summed E-state index contributed by atoms with van der Waals surface area (Å²) in [5.74, 6) is -0.261. The van der Waals surface area contributed by atoms with Crippen molar-refractivity contribution in [2.45, 2.75) is 46.1 Å². The molecule has 0 radical (unpaired) electrons. The van der Waals surface area contributed by atoms with Crippen molar-refractivity contribution in [3.63, 3.8) is 0 Å². The number of benzene rings is 2. The van der Waals surface area contributed by atoms with Gasteiger partial charge in [-0.05, 0) is 55.2 Å². The van der Waals surface area contributed by atoms with Crippen LogP contribution in [-0.2, 0) is 14.9 Å². The van der Waals surface area contributed by atoms with Crippen LogP contribution in [0.1, 0.15) is 50.5 Å². The van der Waals surface area contributed by atoms with Gasteiger partial charge in [-0.1, -0.05) is 44.5 Å². The van der Waals surface area contributed by atoms with Gasteiger partial charge in [0.2, 0.25) is 0 Å². The van der Waals surface area contributed by atoms with Crippen LogP contribution in [0.3, 0.4) is 0 Å². The Morgan fingerprint density at radius 1 is 1.11 bits per heavy atom. The highest BCUT2D eigenvalue weighted by Gasteiger charge is 2.18.